The molecule has 0 aliphatic carbocycles. The van der Waals surface area contributed by atoms with Gasteiger partial charge in [0.1, 0.15) is 0 Å². The molecule has 0 spiro atoms. The summed E-state index contributed by atoms with van der Waals surface area (Å²) in [5.74, 6) is -0.772. The zero-order chi connectivity index (χ0) is 12.3. The Kier molecular flexibility index (Phi) is 4.33. The van der Waals surface area contributed by atoms with Gasteiger partial charge in [-0.15, -0.1) is 3.89 Å². The normalized spacial score (nSPS) is 14.1. The minimum atomic E-state index is -4.46. The first-order chi connectivity index (χ1) is 7.29. The predicted octanol–water partition coefficient (Wildman–Crippen LogP) is 3.38. The second-order valence-corrected chi connectivity index (χ2v) is 5.96. The molecule has 0 amide bonds. The molecular weight excluding hydrogens is 251 g/mol. The van der Waals surface area contributed by atoms with Crippen molar-refractivity contribution < 1.29 is 12.3 Å². The van der Waals surface area contributed by atoms with E-state index in [2.05, 4.69) is 0 Å². The fourth-order valence-electron chi connectivity index (χ4n) is 1.60. The molecule has 1 aromatic carbocycles. The van der Waals surface area contributed by atoms with E-state index < -0.39 is 16.0 Å². The topological polar surface area (TPSA) is 34.1 Å². The predicted molar refractivity (Wildman–Crippen MR) is 63.9 cm³/mol. The maximum Gasteiger partial charge on any atom is 0.303 e. The van der Waals surface area contributed by atoms with Crippen LogP contribution >= 0.6 is 11.6 Å². The SMILES string of the molecule is CC(C)C(CS(=O)(=O)F)c1ccc(Cl)cc1. The second-order valence-electron chi connectivity index (χ2n) is 4.11. The zero-order valence-electron chi connectivity index (χ0n) is 9.15. The van der Waals surface area contributed by atoms with Crippen molar-refractivity contribution >= 4 is 21.8 Å². The molecular formula is C11H14ClFO2S. The summed E-state index contributed by atoms with van der Waals surface area (Å²) in [6.07, 6.45) is 0. The van der Waals surface area contributed by atoms with Gasteiger partial charge in [0, 0.05) is 10.9 Å². The quantitative estimate of drug-likeness (QED) is 0.782. The van der Waals surface area contributed by atoms with E-state index in [4.69, 9.17) is 11.6 Å². The molecule has 1 rings (SSSR count). The van der Waals surface area contributed by atoms with Crippen LogP contribution in [-0.2, 0) is 10.2 Å². The van der Waals surface area contributed by atoms with Gasteiger partial charge in [-0.2, -0.15) is 8.42 Å². The van der Waals surface area contributed by atoms with Crippen LogP contribution in [0.1, 0.15) is 25.3 Å². The molecule has 1 atom stereocenters. The Morgan fingerprint density at radius 3 is 2.12 bits per heavy atom. The lowest BCUT2D eigenvalue weighted by molar-refractivity contribution is 0.501. The van der Waals surface area contributed by atoms with Gasteiger partial charge in [0.2, 0.25) is 0 Å². The minimum Gasteiger partial charge on any atom is -0.195 e. The van der Waals surface area contributed by atoms with Gasteiger partial charge in [0.05, 0.1) is 5.75 Å². The number of hydrogen-bond donors (Lipinski definition) is 0. The smallest absolute Gasteiger partial charge is 0.195 e. The summed E-state index contributed by atoms with van der Waals surface area (Å²) in [5, 5.41) is 0.578. The summed E-state index contributed by atoms with van der Waals surface area (Å²) >= 11 is 5.74. The molecule has 5 heteroatoms. The summed E-state index contributed by atoms with van der Waals surface area (Å²) in [7, 11) is -4.46. The van der Waals surface area contributed by atoms with Crippen LogP contribution in [0.4, 0.5) is 3.89 Å². The van der Waals surface area contributed by atoms with E-state index in [0.717, 1.165) is 5.56 Å². The zero-order valence-corrected chi connectivity index (χ0v) is 10.7. The standard InChI is InChI=1S/C11H14ClFO2S/c1-8(2)11(7-16(13,14)15)9-3-5-10(12)6-4-9/h3-6,8,11H,7H2,1-2H3. The monoisotopic (exact) mass is 264 g/mol. The van der Waals surface area contributed by atoms with E-state index in [9.17, 15) is 12.3 Å². The van der Waals surface area contributed by atoms with Gasteiger partial charge in [-0.1, -0.05) is 37.6 Å². The molecule has 1 aromatic rings. The van der Waals surface area contributed by atoms with Crippen molar-refractivity contribution in [2.75, 3.05) is 5.75 Å². The number of rotatable bonds is 4. The Bertz CT molecular complexity index is 440. The van der Waals surface area contributed by atoms with Crippen LogP contribution < -0.4 is 0 Å². The van der Waals surface area contributed by atoms with Crippen LogP contribution in [0.25, 0.3) is 0 Å². The molecule has 0 aromatic heterocycles. The van der Waals surface area contributed by atoms with E-state index in [0.29, 0.717) is 5.02 Å². The van der Waals surface area contributed by atoms with Crippen molar-refractivity contribution in [2.45, 2.75) is 19.8 Å². The molecule has 90 valence electrons. The first kappa shape index (κ1) is 13.5. The second kappa shape index (κ2) is 5.15. The molecule has 0 saturated carbocycles. The van der Waals surface area contributed by atoms with E-state index in [1.807, 2.05) is 13.8 Å². The van der Waals surface area contributed by atoms with Crippen molar-refractivity contribution in [3.63, 3.8) is 0 Å². The van der Waals surface area contributed by atoms with Crippen molar-refractivity contribution in [3.05, 3.63) is 34.9 Å². The Balaban J connectivity index is 2.99. The number of benzene rings is 1. The van der Waals surface area contributed by atoms with E-state index in [1.54, 1.807) is 24.3 Å². The highest BCUT2D eigenvalue weighted by Crippen LogP contribution is 2.27. The first-order valence-corrected chi connectivity index (χ1v) is 6.90. The van der Waals surface area contributed by atoms with Crippen LogP contribution in [-0.4, -0.2) is 14.2 Å². The summed E-state index contributed by atoms with van der Waals surface area (Å²) in [4.78, 5) is 0. The van der Waals surface area contributed by atoms with Gasteiger partial charge in [0.15, 0.2) is 0 Å². The third kappa shape index (κ3) is 4.10. The molecule has 0 heterocycles. The third-order valence-corrected chi connectivity index (χ3v) is 3.49. The van der Waals surface area contributed by atoms with Crippen LogP contribution in [0, 0.1) is 5.92 Å². The summed E-state index contributed by atoms with van der Waals surface area (Å²) in [6, 6.07) is 6.82. The summed E-state index contributed by atoms with van der Waals surface area (Å²) in [6.45, 7) is 3.73. The first-order valence-electron chi connectivity index (χ1n) is 4.97. The lowest BCUT2D eigenvalue weighted by Crippen LogP contribution is -2.16. The van der Waals surface area contributed by atoms with Crippen molar-refractivity contribution in [3.8, 4) is 0 Å². The van der Waals surface area contributed by atoms with Gasteiger partial charge in [-0.05, 0) is 23.6 Å². The molecule has 0 saturated heterocycles. The Morgan fingerprint density at radius 2 is 1.75 bits per heavy atom. The van der Waals surface area contributed by atoms with E-state index >= 15 is 0 Å². The average molecular weight is 265 g/mol. The fourth-order valence-corrected chi connectivity index (χ4v) is 2.73. The van der Waals surface area contributed by atoms with Crippen molar-refractivity contribution in [2.24, 2.45) is 5.92 Å². The maximum atomic E-state index is 12.7. The largest absolute Gasteiger partial charge is 0.303 e. The molecule has 0 radical (unpaired) electrons. The Labute approximate surface area is 101 Å². The van der Waals surface area contributed by atoms with Crippen LogP contribution in [0.5, 0.6) is 0 Å². The maximum absolute atomic E-state index is 12.7. The molecule has 0 aliphatic rings. The lowest BCUT2D eigenvalue weighted by atomic mass is 9.90. The Hall–Kier alpha value is -0.610. The minimum absolute atomic E-state index is 0.0479. The van der Waals surface area contributed by atoms with Gasteiger partial charge in [-0.25, -0.2) is 0 Å². The van der Waals surface area contributed by atoms with E-state index in [1.165, 1.54) is 0 Å². The van der Waals surface area contributed by atoms with Gasteiger partial charge in [0.25, 0.3) is 0 Å². The number of halogens is 2. The average Bonchev–Trinajstić information content (AvgIpc) is 2.14. The van der Waals surface area contributed by atoms with Crippen LogP contribution in [0.2, 0.25) is 5.02 Å². The molecule has 2 nitrogen and oxygen atoms in total. The Morgan fingerprint density at radius 1 is 1.25 bits per heavy atom. The highest BCUT2D eigenvalue weighted by atomic mass is 35.5. The highest BCUT2D eigenvalue weighted by Gasteiger charge is 2.22. The van der Waals surface area contributed by atoms with Crippen molar-refractivity contribution in [1.82, 2.24) is 0 Å². The molecule has 0 aliphatic heterocycles. The summed E-state index contributed by atoms with van der Waals surface area (Å²) < 4.78 is 34.1. The van der Waals surface area contributed by atoms with Crippen molar-refractivity contribution in [1.29, 1.82) is 0 Å². The van der Waals surface area contributed by atoms with Crippen LogP contribution in [0.15, 0.2) is 24.3 Å². The molecule has 0 bridgehead atoms. The van der Waals surface area contributed by atoms with E-state index in [-0.39, 0.29) is 11.8 Å². The lowest BCUT2D eigenvalue weighted by Gasteiger charge is -2.19. The fraction of sp³-hybridized carbons (Fsp3) is 0.455. The van der Waals surface area contributed by atoms with Gasteiger partial charge >= 0.3 is 10.2 Å². The molecule has 16 heavy (non-hydrogen) atoms. The third-order valence-electron chi connectivity index (χ3n) is 2.48. The van der Waals surface area contributed by atoms with Gasteiger partial charge in [-0.3, -0.25) is 0 Å². The highest BCUT2D eigenvalue weighted by molar-refractivity contribution is 7.86. The molecule has 1 unspecified atom stereocenters. The summed E-state index contributed by atoms with van der Waals surface area (Å²) in [5.41, 5.74) is 0.792. The molecule has 0 fully saturated rings. The molecule has 0 N–H and O–H groups in total. The van der Waals surface area contributed by atoms with Gasteiger partial charge < -0.3 is 0 Å². The number of hydrogen-bond acceptors (Lipinski definition) is 2. The van der Waals surface area contributed by atoms with Crippen LogP contribution in [0.3, 0.4) is 0 Å².